The number of aromatic hydroxyl groups is 1. The topological polar surface area (TPSA) is 163 Å². The largest absolute Gasteiger partial charge is 0.506 e. The second-order valence-corrected chi connectivity index (χ2v) is 13.0. The van der Waals surface area contributed by atoms with Crippen LogP contribution in [0.1, 0.15) is 35.7 Å². The monoisotopic (exact) mass is 645 g/mol. The number of aromatic nitrogens is 3. The number of alkyl halides is 3. The molecule has 0 saturated carbocycles. The molecule has 5 rings (SSSR count). The molecule has 45 heavy (non-hydrogen) atoms. The van der Waals surface area contributed by atoms with Crippen LogP contribution in [-0.4, -0.2) is 77.1 Å². The number of anilines is 3. The van der Waals surface area contributed by atoms with Crippen molar-refractivity contribution in [2.24, 2.45) is 5.92 Å². The molecule has 1 fully saturated rings. The number of nitrogens with one attached hydrogen (secondary N) is 1. The highest BCUT2D eigenvalue weighted by Crippen LogP contribution is 2.37. The normalized spacial score (nSPS) is 13.6. The molecule has 0 radical (unpaired) electrons. The molecule has 4 aromatic rings. The van der Waals surface area contributed by atoms with Crippen molar-refractivity contribution in [1.29, 1.82) is 0 Å². The average Bonchev–Trinajstić information content (AvgIpc) is 2.93. The first-order valence-electron chi connectivity index (χ1n) is 13.6. The van der Waals surface area contributed by atoms with Crippen LogP contribution in [0.4, 0.5) is 30.5 Å². The number of rotatable bonds is 8. The zero-order valence-electron chi connectivity index (χ0n) is 24.4. The summed E-state index contributed by atoms with van der Waals surface area (Å²) < 4.78 is 55.1. The first-order valence-corrected chi connectivity index (χ1v) is 15.7. The number of phenols is 1. The van der Waals surface area contributed by atoms with Crippen LogP contribution in [0.15, 0.2) is 54.9 Å². The van der Waals surface area contributed by atoms with Gasteiger partial charge in [0.2, 0.25) is 0 Å². The molecule has 0 bridgehead atoms. The van der Waals surface area contributed by atoms with Gasteiger partial charge >= 0.3 is 12.1 Å². The molecule has 2 aromatic heterocycles. The lowest BCUT2D eigenvalue weighted by molar-refractivity contribution is -0.192. The fourth-order valence-electron chi connectivity index (χ4n) is 4.92. The number of carbonyl (C=O) groups excluding carboxylic acids is 1. The van der Waals surface area contributed by atoms with E-state index in [1.165, 1.54) is 17.9 Å². The highest BCUT2D eigenvalue weighted by atomic mass is 32.2. The van der Waals surface area contributed by atoms with Crippen LogP contribution in [0.25, 0.3) is 22.2 Å². The minimum absolute atomic E-state index is 0.136. The molecule has 0 aliphatic carbocycles. The number of para-hydroxylation sites is 1. The van der Waals surface area contributed by atoms with Gasteiger partial charge in [0.15, 0.2) is 12.1 Å². The molecular weight excluding hydrogens is 615 g/mol. The smallest absolute Gasteiger partial charge is 0.490 e. The SMILES string of the molecule is CC(C)c1ccc(N2CC(CS(C)(=O)=O)C2)c2cnc(Nc3ccnc(-c4cccc(C=O)c4O)n3)cc12.O=C(O)C(F)(F)F. The number of hydrogen-bond donors (Lipinski definition) is 3. The van der Waals surface area contributed by atoms with Crippen molar-refractivity contribution >= 4 is 50.2 Å². The second kappa shape index (κ2) is 13.1. The van der Waals surface area contributed by atoms with Crippen molar-refractivity contribution in [3.63, 3.8) is 0 Å². The van der Waals surface area contributed by atoms with Gasteiger partial charge in [-0.15, -0.1) is 0 Å². The van der Waals surface area contributed by atoms with Crippen LogP contribution in [0, 0.1) is 5.92 Å². The van der Waals surface area contributed by atoms with Crippen LogP contribution < -0.4 is 10.2 Å². The van der Waals surface area contributed by atoms with Gasteiger partial charge in [-0.2, -0.15) is 13.2 Å². The van der Waals surface area contributed by atoms with Gasteiger partial charge in [-0.05, 0) is 47.2 Å². The number of halogens is 3. The van der Waals surface area contributed by atoms with Crippen LogP contribution in [-0.2, 0) is 14.6 Å². The van der Waals surface area contributed by atoms with E-state index in [0.717, 1.165) is 16.5 Å². The van der Waals surface area contributed by atoms with Gasteiger partial charge in [-0.3, -0.25) is 4.79 Å². The standard InChI is InChI=1S/C28H29N5O4S.C2HF3O2/c1-17(2)20-7-8-24(33-13-18(14-33)16-38(3,36)37)23-12-30-26(11-22(20)23)31-25-9-10-29-28(32-25)21-6-4-5-19(15-34)27(21)35;3-2(4,5)1(6)7/h4-12,15,17-18,35H,13-14,16H2,1-3H3,(H,29,30,31,32);(H,6,7). The van der Waals surface area contributed by atoms with Crippen LogP contribution >= 0.6 is 0 Å². The Bertz CT molecular complexity index is 1840. The Morgan fingerprint density at radius 2 is 1.80 bits per heavy atom. The number of pyridine rings is 1. The van der Waals surface area contributed by atoms with Crippen LogP contribution in [0.2, 0.25) is 0 Å². The molecule has 1 aliphatic rings. The summed E-state index contributed by atoms with van der Waals surface area (Å²) in [5, 5.41) is 22.8. The molecule has 3 heterocycles. The minimum Gasteiger partial charge on any atom is -0.506 e. The van der Waals surface area contributed by atoms with Crippen molar-refractivity contribution in [2.45, 2.75) is 25.9 Å². The van der Waals surface area contributed by atoms with Crippen molar-refractivity contribution in [1.82, 2.24) is 15.0 Å². The van der Waals surface area contributed by atoms with Crippen molar-refractivity contribution < 1.29 is 41.4 Å². The fraction of sp³-hybridized carbons (Fsp3) is 0.300. The molecule has 11 nitrogen and oxygen atoms in total. The highest BCUT2D eigenvalue weighted by Gasteiger charge is 2.38. The number of aldehydes is 1. The number of fused-ring (bicyclic) bond motifs is 1. The maximum atomic E-state index is 11.7. The molecule has 2 aromatic carbocycles. The van der Waals surface area contributed by atoms with Crippen LogP contribution in [0.5, 0.6) is 5.75 Å². The number of carboxylic acid groups (broad SMARTS) is 1. The van der Waals surface area contributed by atoms with Gasteiger partial charge in [-0.25, -0.2) is 28.2 Å². The van der Waals surface area contributed by atoms with E-state index in [1.54, 1.807) is 24.4 Å². The Hall–Kier alpha value is -4.79. The summed E-state index contributed by atoms with van der Waals surface area (Å²) in [6.45, 7) is 5.69. The lowest BCUT2D eigenvalue weighted by Gasteiger charge is -2.41. The van der Waals surface area contributed by atoms with Gasteiger partial charge in [0.25, 0.3) is 0 Å². The predicted molar refractivity (Wildman–Crippen MR) is 163 cm³/mol. The van der Waals surface area contributed by atoms with E-state index in [9.17, 15) is 31.5 Å². The zero-order valence-corrected chi connectivity index (χ0v) is 25.2. The lowest BCUT2D eigenvalue weighted by Crippen LogP contribution is -2.49. The summed E-state index contributed by atoms with van der Waals surface area (Å²) in [6.07, 6.45) is 0.205. The molecule has 238 valence electrons. The Morgan fingerprint density at radius 1 is 1.11 bits per heavy atom. The molecule has 15 heteroatoms. The van der Waals surface area contributed by atoms with E-state index in [0.29, 0.717) is 36.6 Å². The number of sulfone groups is 1. The maximum Gasteiger partial charge on any atom is 0.490 e. The number of aliphatic carboxylic acids is 1. The van der Waals surface area contributed by atoms with Gasteiger partial charge in [0.05, 0.1) is 16.9 Å². The molecule has 1 saturated heterocycles. The molecule has 0 amide bonds. The first-order chi connectivity index (χ1) is 21.1. The Morgan fingerprint density at radius 3 is 2.40 bits per heavy atom. The first kappa shape index (κ1) is 33.1. The van der Waals surface area contributed by atoms with E-state index in [4.69, 9.17) is 9.90 Å². The number of benzene rings is 2. The van der Waals surface area contributed by atoms with Crippen molar-refractivity contribution in [3.8, 4) is 17.1 Å². The Kier molecular flexibility index (Phi) is 9.61. The van der Waals surface area contributed by atoms with E-state index >= 15 is 0 Å². The molecule has 1 aliphatic heterocycles. The average molecular weight is 646 g/mol. The predicted octanol–water partition coefficient (Wildman–Crippen LogP) is 5.19. The molecule has 0 spiro atoms. The zero-order chi connectivity index (χ0) is 33.1. The van der Waals surface area contributed by atoms with E-state index in [-0.39, 0.29) is 34.7 Å². The molecule has 0 atom stereocenters. The maximum absolute atomic E-state index is 11.7. The molecule has 3 N–H and O–H groups in total. The van der Waals surface area contributed by atoms with E-state index in [1.807, 2.05) is 12.3 Å². The molecule has 0 unspecified atom stereocenters. The van der Waals surface area contributed by atoms with E-state index in [2.05, 4.69) is 51.1 Å². The summed E-state index contributed by atoms with van der Waals surface area (Å²) in [4.78, 5) is 35.7. The van der Waals surface area contributed by atoms with Crippen molar-refractivity contribution in [2.75, 3.05) is 35.3 Å². The third kappa shape index (κ3) is 8.03. The highest BCUT2D eigenvalue weighted by molar-refractivity contribution is 7.90. The quantitative estimate of drug-likeness (QED) is 0.216. The number of carbonyl (C=O) groups is 2. The summed E-state index contributed by atoms with van der Waals surface area (Å²) in [7, 11) is -3.00. The van der Waals surface area contributed by atoms with Gasteiger partial charge < -0.3 is 20.4 Å². The second-order valence-electron chi connectivity index (χ2n) is 10.9. The van der Waals surface area contributed by atoms with Crippen LogP contribution in [0.3, 0.4) is 0 Å². The van der Waals surface area contributed by atoms with E-state index < -0.39 is 22.0 Å². The fourth-order valence-corrected chi connectivity index (χ4v) is 5.99. The van der Waals surface area contributed by atoms with Gasteiger partial charge in [0, 0.05) is 48.7 Å². The summed E-state index contributed by atoms with van der Waals surface area (Å²) >= 11 is 0. The minimum atomic E-state index is -5.08. The number of hydrogen-bond acceptors (Lipinski definition) is 10. The van der Waals surface area contributed by atoms with Crippen molar-refractivity contribution in [3.05, 3.63) is 66.0 Å². The van der Waals surface area contributed by atoms with Gasteiger partial charge in [-0.1, -0.05) is 26.0 Å². The number of carboxylic acids is 1. The van der Waals surface area contributed by atoms with Gasteiger partial charge in [0.1, 0.15) is 27.2 Å². The summed E-state index contributed by atoms with van der Waals surface area (Å²) in [5.41, 5.74) is 2.76. The Balaban J connectivity index is 0.000000591. The number of nitrogens with zero attached hydrogens (tertiary/aromatic N) is 4. The lowest BCUT2D eigenvalue weighted by atomic mass is 9.93. The number of phenolic OH excluding ortho intramolecular Hbond substituents is 1. The summed E-state index contributed by atoms with van der Waals surface area (Å²) in [6, 6.07) is 12.8. The third-order valence-electron chi connectivity index (χ3n) is 6.96. The summed E-state index contributed by atoms with van der Waals surface area (Å²) in [5.74, 6) is -0.918. The Labute approximate surface area is 256 Å². The molecular formula is C30H30F3N5O6S. The third-order valence-corrected chi connectivity index (χ3v) is 8.04.